The molecule has 0 aliphatic carbocycles. The van der Waals surface area contributed by atoms with Crippen LogP contribution in [0.4, 0.5) is 0 Å². The minimum Gasteiger partial charge on any atom is -0.361 e. The van der Waals surface area contributed by atoms with Crippen LogP contribution in [0.1, 0.15) is 30.7 Å². The van der Waals surface area contributed by atoms with Crippen LogP contribution < -0.4 is 0 Å². The molecule has 3 rings (SSSR count). The van der Waals surface area contributed by atoms with Crippen molar-refractivity contribution in [2.45, 2.75) is 38.8 Å². The molecule has 0 aromatic carbocycles. The Morgan fingerprint density at radius 3 is 3.06 bits per heavy atom. The molecule has 1 atom stereocenters. The first-order chi connectivity index (χ1) is 8.31. The molecular weight excluding hydrogens is 214 g/mol. The fourth-order valence-corrected chi connectivity index (χ4v) is 3.15. The van der Waals surface area contributed by atoms with Crippen LogP contribution in [0.5, 0.6) is 0 Å². The summed E-state index contributed by atoms with van der Waals surface area (Å²) in [5, 5.41) is 4.10. The van der Waals surface area contributed by atoms with Gasteiger partial charge in [-0.15, -0.1) is 0 Å². The third kappa shape index (κ3) is 2.53. The number of nitrogens with zero attached hydrogens (tertiary/aromatic N) is 3. The summed E-state index contributed by atoms with van der Waals surface area (Å²) in [6.07, 6.45) is 4.03. The smallest absolute Gasteiger partial charge is 0.133 e. The van der Waals surface area contributed by atoms with Gasteiger partial charge in [0, 0.05) is 25.2 Å². The fourth-order valence-electron chi connectivity index (χ4n) is 3.15. The fraction of sp³-hybridized carbons (Fsp3) is 0.769. The van der Waals surface area contributed by atoms with Crippen LogP contribution in [0.15, 0.2) is 10.6 Å². The first-order valence-electron chi connectivity index (χ1n) is 6.70. The Labute approximate surface area is 103 Å². The highest BCUT2D eigenvalue weighted by Crippen LogP contribution is 2.22. The Kier molecular flexibility index (Phi) is 3.16. The molecule has 17 heavy (non-hydrogen) atoms. The van der Waals surface area contributed by atoms with Crippen molar-refractivity contribution in [2.24, 2.45) is 0 Å². The van der Waals surface area contributed by atoms with Gasteiger partial charge in [0.2, 0.25) is 0 Å². The Morgan fingerprint density at radius 2 is 2.24 bits per heavy atom. The lowest BCUT2D eigenvalue weighted by atomic mass is 10.2. The van der Waals surface area contributed by atoms with Crippen LogP contribution in [0.3, 0.4) is 0 Å². The van der Waals surface area contributed by atoms with E-state index >= 15 is 0 Å². The van der Waals surface area contributed by atoms with Crippen molar-refractivity contribution in [1.82, 2.24) is 15.0 Å². The van der Waals surface area contributed by atoms with Gasteiger partial charge in [-0.2, -0.15) is 0 Å². The lowest BCUT2D eigenvalue weighted by Gasteiger charge is -2.24. The van der Waals surface area contributed by atoms with Gasteiger partial charge in [-0.1, -0.05) is 5.16 Å². The summed E-state index contributed by atoms with van der Waals surface area (Å²) in [5.41, 5.74) is 1.08. The topological polar surface area (TPSA) is 32.5 Å². The molecule has 3 heterocycles. The zero-order chi connectivity index (χ0) is 11.7. The highest BCUT2D eigenvalue weighted by atomic mass is 16.5. The van der Waals surface area contributed by atoms with Crippen molar-refractivity contribution >= 4 is 0 Å². The number of hydrogen-bond donors (Lipinski definition) is 0. The minimum atomic E-state index is 0.783. The zero-order valence-electron chi connectivity index (χ0n) is 10.6. The highest BCUT2D eigenvalue weighted by Gasteiger charge is 2.28. The molecule has 0 amide bonds. The van der Waals surface area contributed by atoms with Gasteiger partial charge in [0.1, 0.15) is 5.76 Å². The van der Waals surface area contributed by atoms with Crippen LogP contribution in [0, 0.1) is 6.92 Å². The van der Waals surface area contributed by atoms with Gasteiger partial charge in [-0.3, -0.25) is 9.80 Å². The highest BCUT2D eigenvalue weighted by molar-refractivity contribution is 5.03. The standard InChI is InChI=1S/C13H21N3O/c1-11-8-12(14-17-11)9-15-5-3-7-16-6-2-4-13(16)10-15/h8,13H,2-7,9-10H2,1H3. The number of aromatic nitrogens is 1. The second kappa shape index (κ2) is 4.78. The first-order valence-corrected chi connectivity index (χ1v) is 6.70. The largest absolute Gasteiger partial charge is 0.361 e. The van der Waals surface area contributed by atoms with Gasteiger partial charge in [0.25, 0.3) is 0 Å². The molecule has 94 valence electrons. The molecule has 0 N–H and O–H groups in total. The van der Waals surface area contributed by atoms with Crippen LogP contribution in [0.2, 0.25) is 0 Å². The van der Waals surface area contributed by atoms with E-state index in [9.17, 15) is 0 Å². The summed E-state index contributed by atoms with van der Waals surface area (Å²) < 4.78 is 5.14. The van der Waals surface area contributed by atoms with E-state index < -0.39 is 0 Å². The summed E-state index contributed by atoms with van der Waals surface area (Å²) in [6.45, 7) is 7.88. The van der Waals surface area contributed by atoms with E-state index in [4.69, 9.17) is 4.52 Å². The number of hydrogen-bond acceptors (Lipinski definition) is 4. The quantitative estimate of drug-likeness (QED) is 0.780. The van der Waals surface area contributed by atoms with Crippen LogP contribution in [-0.4, -0.2) is 47.2 Å². The maximum atomic E-state index is 5.14. The van der Waals surface area contributed by atoms with Crippen molar-refractivity contribution in [2.75, 3.05) is 26.2 Å². The van der Waals surface area contributed by atoms with Crippen molar-refractivity contribution in [3.05, 3.63) is 17.5 Å². The summed E-state index contributed by atoms with van der Waals surface area (Å²) in [6, 6.07) is 2.84. The van der Waals surface area contributed by atoms with Gasteiger partial charge < -0.3 is 4.52 Å². The molecule has 4 heteroatoms. The van der Waals surface area contributed by atoms with E-state index in [1.807, 2.05) is 6.92 Å². The predicted octanol–water partition coefficient (Wildman–Crippen LogP) is 1.65. The van der Waals surface area contributed by atoms with Gasteiger partial charge in [-0.05, 0) is 45.8 Å². The molecule has 0 radical (unpaired) electrons. The summed E-state index contributed by atoms with van der Waals surface area (Å²) in [5.74, 6) is 0.914. The van der Waals surface area contributed by atoms with Gasteiger partial charge in [-0.25, -0.2) is 0 Å². The number of aryl methyl sites for hydroxylation is 1. The van der Waals surface area contributed by atoms with Crippen molar-refractivity contribution in [3.63, 3.8) is 0 Å². The predicted molar refractivity (Wildman–Crippen MR) is 65.7 cm³/mol. The summed E-state index contributed by atoms with van der Waals surface area (Å²) >= 11 is 0. The van der Waals surface area contributed by atoms with Gasteiger partial charge >= 0.3 is 0 Å². The Bertz CT molecular complexity index is 376. The summed E-state index contributed by atoms with van der Waals surface area (Å²) in [7, 11) is 0. The van der Waals surface area contributed by atoms with Crippen LogP contribution in [0.25, 0.3) is 0 Å². The maximum Gasteiger partial charge on any atom is 0.133 e. The molecule has 1 unspecified atom stereocenters. The molecule has 0 bridgehead atoms. The lowest BCUT2D eigenvalue weighted by molar-refractivity contribution is 0.211. The molecule has 2 aliphatic rings. The van der Waals surface area contributed by atoms with Crippen molar-refractivity contribution in [1.29, 1.82) is 0 Å². The monoisotopic (exact) mass is 235 g/mol. The molecule has 1 aromatic heterocycles. The molecule has 2 fully saturated rings. The molecule has 4 nitrogen and oxygen atoms in total. The normalized spacial score (nSPS) is 27.0. The molecule has 1 aromatic rings. The molecule has 2 saturated heterocycles. The third-order valence-electron chi connectivity index (χ3n) is 3.95. The van der Waals surface area contributed by atoms with Crippen molar-refractivity contribution < 1.29 is 4.52 Å². The van der Waals surface area contributed by atoms with Crippen LogP contribution in [-0.2, 0) is 6.54 Å². The van der Waals surface area contributed by atoms with E-state index in [1.54, 1.807) is 0 Å². The molecule has 2 aliphatic heterocycles. The average molecular weight is 235 g/mol. The Morgan fingerprint density at radius 1 is 1.35 bits per heavy atom. The maximum absolute atomic E-state index is 5.14. The van der Waals surface area contributed by atoms with Crippen molar-refractivity contribution in [3.8, 4) is 0 Å². The van der Waals surface area contributed by atoms with E-state index in [0.29, 0.717) is 0 Å². The van der Waals surface area contributed by atoms with E-state index in [-0.39, 0.29) is 0 Å². The molecule has 0 spiro atoms. The van der Waals surface area contributed by atoms with E-state index in [1.165, 1.54) is 45.4 Å². The van der Waals surface area contributed by atoms with E-state index in [2.05, 4.69) is 21.0 Å². The second-order valence-electron chi connectivity index (χ2n) is 5.35. The Balaban J connectivity index is 1.63. The van der Waals surface area contributed by atoms with Crippen LogP contribution >= 0.6 is 0 Å². The number of fused-ring (bicyclic) bond motifs is 1. The third-order valence-corrected chi connectivity index (χ3v) is 3.95. The second-order valence-corrected chi connectivity index (χ2v) is 5.35. The minimum absolute atomic E-state index is 0.783. The van der Waals surface area contributed by atoms with Gasteiger partial charge in [0.15, 0.2) is 0 Å². The summed E-state index contributed by atoms with van der Waals surface area (Å²) in [4.78, 5) is 5.20. The van der Waals surface area contributed by atoms with E-state index in [0.717, 1.165) is 24.0 Å². The molecular formula is C13H21N3O. The average Bonchev–Trinajstić information content (AvgIpc) is 2.85. The zero-order valence-corrected chi connectivity index (χ0v) is 10.6. The molecule has 0 saturated carbocycles. The SMILES string of the molecule is Cc1cc(CN2CCCN3CCCC3C2)no1. The Hall–Kier alpha value is -0.870. The lowest BCUT2D eigenvalue weighted by Crippen LogP contribution is -2.36. The number of rotatable bonds is 2. The van der Waals surface area contributed by atoms with Gasteiger partial charge in [0.05, 0.1) is 5.69 Å². The first kappa shape index (κ1) is 11.2.